The van der Waals surface area contributed by atoms with E-state index in [0.29, 0.717) is 19.3 Å². The van der Waals surface area contributed by atoms with Gasteiger partial charge in [0.05, 0.1) is 0 Å². The van der Waals surface area contributed by atoms with Crippen molar-refractivity contribution in [1.82, 2.24) is 0 Å². The standard InChI is InChI=1S/C58H110O6/c1-4-7-10-13-16-19-22-25-27-29-31-33-36-39-42-45-48-51-57(60)63-54-55(53-62-56(59)50-47-44-41-38-35-24-21-18-15-12-9-6-3)64-58(61)52-49-46-43-40-37-34-32-30-28-26-23-20-17-14-11-8-5-2/h25,27,55H,4-24,26,28-54H2,1-3H3/b27-25-/t55-/m0/s1. The van der Waals surface area contributed by atoms with Crippen LogP contribution in [-0.4, -0.2) is 37.2 Å². The molecular weight excluding hydrogens is 793 g/mol. The minimum absolute atomic E-state index is 0.0654. The molecule has 0 aliphatic carbocycles. The largest absolute Gasteiger partial charge is 0.462 e. The average molecular weight is 904 g/mol. The number of hydrogen-bond acceptors (Lipinski definition) is 6. The van der Waals surface area contributed by atoms with Gasteiger partial charge in [-0.3, -0.25) is 14.4 Å². The van der Waals surface area contributed by atoms with E-state index in [9.17, 15) is 14.4 Å². The molecule has 0 saturated heterocycles. The summed E-state index contributed by atoms with van der Waals surface area (Å²) in [7, 11) is 0. The second-order valence-corrected chi connectivity index (χ2v) is 19.6. The lowest BCUT2D eigenvalue weighted by molar-refractivity contribution is -0.167. The Labute approximate surface area is 399 Å². The Hall–Kier alpha value is -1.85. The van der Waals surface area contributed by atoms with Crippen LogP contribution in [0.3, 0.4) is 0 Å². The van der Waals surface area contributed by atoms with Crippen molar-refractivity contribution in [2.75, 3.05) is 13.2 Å². The summed E-state index contributed by atoms with van der Waals surface area (Å²) in [4.78, 5) is 38.1. The Balaban J connectivity index is 4.30. The van der Waals surface area contributed by atoms with Crippen molar-refractivity contribution in [2.45, 2.75) is 329 Å². The fourth-order valence-electron chi connectivity index (χ4n) is 8.68. The summed E-state index contributed by atoms with van der Waals surface area (Å²) in [6.07, 6.45) is 60.5. The van der Waals surface area contributed by atoms with Crippen LogP contribution in [0.5, 0.6) is 0 Å². The summed E-state index contributed by atoms with van der Waals surface area (Å²) in [5.41, 5.74) is 0. The molecule has 0 bridgehead atoms. The number of ether oxygens (including phenoxy) is 3. The molecule has 0 unspecified atom stereocenters. The van der Waals surface area contributed by atoms with Crippen LogP contribution in [0.4, 0.5) is 0 Å². The first-order valence-corrected chi connectivity index (χ1v) is 28.7. The van der Waals surface area contributed by atoms with Crippen molar-refractivity contribution in [3.63, 3.8) is 0 Å². The maximum atomic E-state index is 12.8. The van der Waals surface area contributed by atoms with Gasteiger partial charge < -0.3 is 14.2 Å². The molecule has 0 N–H and O–H groups in total. The smallest absolute Gasteiger partial charge is 0.306 e. The number of hydrogen-bond donors (Lipinski definition) is 0. The van der Waals surface area contributed by atoms with Crippen molar-refractivity contribution in [1.29, 1.82) is 0 Å². The first-order valence-electron chi connectivity index (χ1n) is 28.7. The third-order valence-electron chi connectivity index (χ3n) is 13.0. The van der Waals surface area contributed by atoms with Crippen molar-refractivity contribution >= 4 is 17.9 Å². The number of rotatable bonds is 53. The number of unbranched alkanes of at least 4 members (excludes halogenated alkanes) is 40. The summed E-state index contributed by atoms with van der Waals surface area (Å²) >= 11 is 0. The topological polar surface area (TPSA) is 78.9 Å². The minimum Gasteiger partial charge on any atom is -0.462 e. The van der Waals surface area contributed by atoms with Gasteiger partial charge in [0.15, 0.2) is 6.10 Å². The zero-order valence-corrected chi connectivity index (χ0v) is 43.3. The molecule has 0 aliphatic rings. The second-order valence-electron chi connectivity index (χ2n) is 19.6. The van der Waals surface area contributed by atoms with E-state index < -0.39 is 6.10 Å². The van der Waals surface area contributed by atoms with Gasteiger partial charge in [-0.1, -0.05) is 270 Å². The lowest BCUT2D eigenvalue weighted by Gasteiger charge is -2.18. The maximum Gasteiger partial charge on any atom is 0.306 e. The van der Waals surface area contributed by atoms with Crippen LogP contribution < -0.4 is 0 Å². The van der Waals surface area contributed by atoms with Gasteiger partial charge in [-0.2, -0.15) is 0 Å². The van der Waals surface area contributed by atoms with Gasteiger partial charge >= 0.3 is 17.9 Å². The van der Waals surface area contributed by atoms with Crippen LogP contribution in [0.25, 0.3) is 0 Å². The Morgan fingerprint density at radius 2 is 0.516 bits per heavy atom. The molecule has 0 saturated carbocycles. The molecule has 6 heteroatoms. The minimum atomic E-state index is -0.765. The molecule has 0 spiro atoms. The third-order valence-corrected chi connectivity index (χ3v) is 13.0. The molecule has 0 aliphatic heterocycles. The van der Waals surface area contributed by atoms with Gasteiger partial charge in [0.25, 0.3) is 0 Å². The number of esters is 3. The molecule has 378 valence electrons. The van der Waals surface area contributed by atoms with Gasteiger partial charge in [0.2, 0.25) is 0 Å². The highest BCUT2D eigenvalue weighted by atomic mass is 16.6. The molecule has 0 amide bonds. The zero-order valence-electron chi connectivity index (χ0n) is 43.3. The van der Waals surface area contributed by atoms with Gasteiger partial charge in [-0.15, -0.1) is 0 Å². The fraction of sp³-hybridized carbons (Fsp3) is 0.914. The van der Waals surface area contributed by atoms with Crippen LogP contribution in [0, 0.1) is 0 Å². The molecule has 0 aromatic carbocycles. The monoisotopic (exact) mass is 903 g/mol. The molecule has 64 heavy (non-hydrogen) atoms. The van der Waals surface area contributed by atoms with Crippen molar-refractivity contribution in [2.24, 2.45) is 0 Å². The highest BCUT2D eigenvalue weighted by Crippen LogP contribution is 2.17. The summed E-state index contributed by atoms with van der Waals surface area (Å²) in [6, 6.07) is 0. The average Bonchev–Trinajstić information content (AvgIpc) is 3.29. The predicted molar refractivity (Wildman–Crippen MR) is 275 cm³/mol. The molecule has 0 radical (unpaired) electrons. The Morgan fingerprint density at radius 3 is 0.781 bits per heavy atom. The molecular formula is C58H110O6. The first-order chi connectivity index (χ1) is 31.5. The van der Waals surface area contributed by atoms with E-state index in [1.165, 1.54) is 225 Å². The summed E-state index contributed by atoms with van der Waals surface area (Å²) in [5, 5.41) is 0. The molecule has 0 heterocycles. The van der Waals surface area contributed by atoms with Crippen LogP contribution in [0.1, 0.15) is 323 Å². The van der Waals surface area contributed by atoms with E-state index in [4.69, 9.17) is 14.2 Å². The lowest BCUT2D eigenvalue weighted by atomic mass is 10.0. The molecule has 0 aromatic heterocycles. The Kier molecular flexibility index (Phi) is 52.2. The van der Waals surface area contributed by atoms with Crippen molar-refractivity contribution in [3.8, 4) is 0 Å². The van der Waals surface area contributed by atoms with E-state index in [2.05, 4.69) is 32.9 Å². The highest BCUT2D eigenvalue weighted by Gasteiger charge is 2.19. The molecule has 0 aromatic rings. The van der Waals surface area contributed by atoms with E-state index in [1.807, 2.05) is 0 Å². The zero-order chi connectivity index (χ0) is 46.5. The second kappa shape index (κ2) is 53.8. The number of allylic oxidation sites excluding steroid dienone is 2. The Bertz CT molecular complexity index is 993. The first kappa shape index (κ1) is 62.1. The summed E-state index contributed by atoms with van der Waals surface area (Å²) in [5.74, 6) is -0.847. The van der Waals surface area contributed by atoms with Crippen LogP contribution in [-0.2, 0) is 28.6 Å². The van der Waals surface area contributed by atoms with Gasteiger partial charge in [-0.25, -0.2) is 0 Å². The molecule has 6 nitrogen and oxygen atoms in total. The fourth-order valence-corrected chi connectivity index (χ4v) is 8.68. The van der Waals surface area contributed by atoms with Crippen LogP contribution in [0.2, 0.25) is 0 Å². The molecule has 0 rings (SSSR count). The van der Waals surface area contributed by atoms with Gasteiger partial charge in [-0.05, 0) is 44.9 Å². The predicted octanol–water partition coefficient (Wildman–Crippen LogP) is 18.9. The van der Waals surface area contributed by atoms with Crippen molar-refractivity contribution < 1.29 is 28.6 Å². The quantitative estimate of drug-likeness (QED) is 0.0262. The van der Waals surface area contributed by atoms with Gasteiger partial charge in [0.1, 0.15) is 13.2 Å². The summed E-state index contributed by atoms with van der Waals surface area (Å²) in [6.45, 7) is 6.68. The SMILES string of the molecule is CCCCCCCC/C=C\CCCCCCCCCC(=O)OC[C@H](COC(=O)CCCCCCCCCCCCCC)OC(=O)CCCCCCCCCCCCCCCCCCC. The lowest BCUT2D eigenvalue weighted by Crippen LogP contribution is -2.30. The normalized spacial score (nSPS) is 12.0. The number of carbonyl (C=O) groups is 3. The van der Waals surface area contributed by atoms with E-state index in [0.717, 1.165) is 57.8 Å². The van der Waals surface area contributed by atoms with Crippen molar-refractivity contribution in [3.05, 3.63) is 12.2 Å². The number of carbonyl (C=O) groups excluding carboxylic acids is 3. The third kappa shape index (κ3) is 51.1. The van der Waals surface area contributed by atoms with E-state index in [-0.39, 0.29) is 31.1 Å². The molecule has 0 fully saturated rings. The Morgan fingerprint density at radius 1 is 0.297 bits per heavy atom. The highest BCUT2D eigenvalue weighted by molar-refractivity contribution is 5.71. The van der Waals surface area contributed by atoms with Crippen LogP contribution in [0.15, 0.2) is 12.2 Å². The maximum absolute atomic E-state index is 12.8. The van der Waals surface area contributed by atoms with E-state index in [1.54, 1.807) is 0 Å². The van der Waals surface area contributed by atoms with Crippen LogP contribution >= 0.6 is 0 Å². The van der Waals surface area contributed by atoms with E-state index >= 15 is 0 Å². The summed E-state index contributed by atoms with van der Waals surface area (Å²) < 4.78 is 16.9. The van der Waals surface area contributed by atoms with Gasteiger partial charge in [0, 0.05) is 19.3 Å². The molecule has 1 atom stereocenters.